The Morgan fingerprint density at radius 3 is 2.09 bits per heavy atom. The van der Waals surface area contributed by atoms with E-state index in [-0.39, 0.29) is 34.0 Å². The molecule has 2 aliphatic rings. The molecule has 5 aromatic rings. The van der Waals surface area contributed by atoms with Crippen LogP contribution in [0.5, 0.6) is 5.75 Å². The highest BCUT2D eigenvalue weighted by Gasteiger charge is 2.52. The average Bonchev–Trinajstić information content (AvgIpc) is 3.70. The molecule has 3 atom stereocenters. The number of rotatable bonds is 11. The monoisotopic (exact) mass is 780 g/mol. The second-order valence-electron chi connectivity index (χ2n) is 17.1. The lowest BCUT2D eigenvalue weighted by atomic mass is 9.73. The lowest BCUT2D eigenvalue weighted by Gasteiger charge is -2.44. The van der Waals surface area contributed by atoms with Crippen LogP contribution in [0.15, 0.2) is 91.1 Å². The van der Waals surface area contributed by atoms with Crippen LogP contribution in [0, 0.1) is 5.41 Å². The fourth-order valence-electron chi connectivity index (χ4n) is 8.34. The SMILES string of the molecule is COc1ccc(Cn2ncc3nc(N4CCC5(CC4)CO[C@@H](C)[C@H]5NS(=O)C(C)(C)C)c(CO[Si](c4ccccc4)(c4ccccc4)C(C)(C)C)nc32)cc1. The van der Waals surface area contributed by atoms with Crippen molar-refractivity contribution in [2.75, 3.05) is 31.7 Å². The third-order valence-electron chi connectivity index (χ3n) is 11.5. The number of hydrogen-bond acceptors (Lipinski definition) is 8. The van der Waals surface area contributed by atoms with Gasteiger partial charge in [0.05, 0.1) is 60.9 Å². The van der Waals surface area contributed by atoms with Gasteiger partial charge in [-0.25, -0.2) is 23.6 Å². The summed E-state index contributed by atoms with van der Waals surface area (Å²) in [5.74, 6) is 1.65. The highest BCUT2D eigenvalue weighted by molar-refractivity contribution is 7.84. The van der Waals surface area contributed by atoms with Gasteiger partial charge in [0.25, 0.3) is 8.32 Å². The van der Waals surface area contributed by atoms with Crippen molar-refractivity contribution in [2.45, 2.75) is 96.4 Å². The minimum absolute atomic E-state index is 0.00240. The van der Waals surface area contributed by atoms with Crippen LogP contribution in [0.25, 0.3) is 11.2 Å². The van der Waals surface area contributed by atoms with Crippen LogP contribution >= 0.6 is 0 Å². The maximum atomic E-state index is 13.3. The summed E-state index contributed by atoms with van der Waals surface area (Å²) in [6.07, 6.45) is 3.55. The molecule has 0 aliphatic carbocycles. The molecule has 0 radical (unpaired) electrons. The first-order valence-corrected chi connectivity index (χ1v) is 22.4. The van der Waals surface area contributed by atoms with Crippen LogP contribution < -0.4 is 24.7 Å². The van der Waals surface area contributed by atoms with E-state index in [1.807, 2.05) is 43.8 Å². The normalized spacial score (nSPS) is 19.6. The van der Waals surface area contributed by atoms with E-state index in [0.29, 0.717) is 13.2 Å². The first-order valence-electron chi connectivity index (χ1n) is 19.4. The van der Waals surface area contributed by atoms with Crippen LogP contribution in [0.2, 0.25) is 5.04 Å². The number of piperidine rings is 1. The maximum Gasteiger partial charge on any atom is 0.261 e. The molecule has 7 rings (SSSR count). The largest absolute Gasteiger partial charge is 0.497 e. The molecule has 3 aromatic carbocycles. The molecule has 0 amide bonds. The average molecular weight is 781 g/mol. The maximum absolute atomic E-state index is 13.3. The number of benzene rings is 3. The molecule has 292 valence electrons. The number of nitrogens with zero attached hydrogens (tertiary/aromatic N) is 5. The summed E-state index contributed by atoms with van der Waals surface area (Å²) >= 11 is 0. The Balaban J connectivity index is 1.26. The van der Waals surface area contributed by atoms with Gasteiger partial charge in [-0.15, -0.1) is 0 Å². The van der Waals surface area contributed by atoms with Crippen molar-refractivity contribution in [3.05, 3.63) is 102 Å². The molecule has 2 aromatic heterocycles. The molecule has 10 nitrogen and oxygen atoms in total. The third-order valence-corrected chi connectivity index (χ3v) is 18.0. The quantitative estimate of drug-likeness (QED) is 0.154. The molecule has 0 saturated carbocycles. The van der Waals surface area contributed by atoms with Gasteiger partial charge in [0.15, 0.2) is 11.5 Å². The van der Waals surface area contributed by atoms with Crippen molar-refractivity contribution in [3.8, 4) is 5.75 Å². The first kappa shape index (κ1) is 39.3. The molecule has 2 fully saturated rings. The van der Waals surface area contributed by atoms with E-state index >= 15 is 0 Å². The minimum atomic E-state index is -2.89. The summed E-state index contributed by atoms with van der Waals surface area (Å²) in [6, 6.07) is 29.5. The molecule has 12 heteroatoms. The fourth-order valence-corrected chi connectivity index (χ4v) is 13.9. The van der Waals surface area contributed by atoms with E-state index in [1.165, 1.54) is 10.4 Å². The van der Waals surface area contributed by atoms with Gasteiger partial charge in [0, 0.05) is 18.5 Å². The summed E-state index contributed by atoms with van der Waals surface area (Å²) in [5.41, 5.74) is 3.24. The minimum Gasteiger partial charge on any atom is -0.497 e. The lowest BCUT2D eigenvalue weighted by molar-refractivity contribution is 0.0973. The summed E-state index contributed by atoms with van der Waals surface area (Å²) < 4.78 is 37.5. The number of aromatic nitrogens is 4. The zero-order valence-corrected chi connectivity index (χ0v) is 35.4. The standard InChI is InChI=1S/C43H56N6O4SSi/c1-31-38(47-54(50)41(2,3)4)43(30-52-31)23-25-48(26-24-43)39-37(46-40-36(45-39)27-44-49(40)28-32-19-21-33(51-8)22-20-32)29-53-55(42(5,6)7,34-15-11-9-12-16-34)35-17-13-10-14-18-35/h9-22,27,31,38,47H,23-26,28-30H2,1-8H3/t31-,38+,54?/m0/s1. The molecule has 2 saturated heterocycles. The zero-order chi connectivity index (χ0) is 39.0. The van der Waals surface area contributed by atoms with Crippen molar-refractivity contribution in [1.82, 2.24) is 24.5 Å². The Bertz CT molecular complexity index is 2050. The Labute approximate surface area is 329 Å². The topological polar surface area (TPSA) is 104 Å². The van der Waals surface area contributed by atoms with Crippen LogP contribution in [0.4, 0.5) is 5.82 Å². The van der Waals surface area contributed by atoms with E-state index in [4.69, 9.17) is 29.0 Å². The van der Waals surface area contributed by atoms with Gasteiger partial charge in [-0.1, -0.05) is 93.6 Å². The van der Waals surface area contributed by atoms with Crippen molar-refractivity contribution in [1.29, 1.82) is 0 Å². The van der Waals surface area contributed by atoms with Gasteiger partial charge < -0.3 is 18.8 Å². The third kappa shape index (κ3) is 7.76. The number of fused-ring (bicyclic) bond motifs is 1. The number of ether oxygens (including phenoxy) is 2. The van der Waals surface area contributed by atoms with Gasteiger partial charge in [-0.3, -0.25) is 0 Å². The Morgan fingerprint density at radius 2 is 1.53 bits per heavy atom. The molecule has 1 N–H and O–H groups in total. The highest BCUT2D eigenvalue weighted by atomic mass is 32.2. The van der Waals surface area contributed by atoms with Crippen molar-refractivity contribution in [3.63, 3.8) is 0 Å². The summed E-state index contributed by atoms with van der Waals surface area (Å²) in [4.78, 5) is 13.1. The van der Waals surface area contributed by atoms with Crippen LogP contribution in [0.3, 0.4) is 0 Å². The van der Waals surface area contributed by atoms with E-state index in [9.17, 15) is 4.21 Å². The van der Waals surface area contributed by atoms with E-state index in [0.717, 1.165) is 59.9 Å². The zero-order valence-electron chi connectivity index (χ0n) is 33.5. The van der Waals surface area contributed by atoms with E-state index in [2.05, 4.69) is 110 Å². The van der Waals surface area contributed by atoms with Gasteiger partial charge >= 0.3 is 0 Å². The smallest absolute Gasteiger partial charge is 0.261 e. The molecule has 2 aliphatic heterocycles. The van der Waals surface area contributed by atoms with Crippen molar-refractivity contribution < 1.29 is 18.1 Å². The highest BCUT2D eigenvalue weighted by Crippen LogP contribution is 2.44. The summed E-state index contributed by atoms with van der Waals surface area (Å²) in [7, 11) is -2.41. The number of nitrogens with one attached hydrogen (secondary N) is 1. The molecule has 1 unspecified atom stereocenters. The van der Waals surface area contributed by atoms with Gasteiger partial charge in [0.2, 0.25) is 0 Å². The molecule has 1 spiro atoms. The second kappa shape index (κ2) is 15.5. The van der Waals surface area contributed by atoms with Gasteiger partial charge in [-0.2, -0.15) is 5.10 Å². The molecule has 0 bridgehead atoms. The van der Waals surface area contributed by atoms with Crippen LogP contribution in [-0.2, 0) is 33.3 Å². The van der Waals surface area contributed by atoms with Crippen LogP contribution in [-0.4, -0.2) is 76.0 Å². The molecule has 4 heterocycles. The summed E-state index contributed by atoms with van der Waals surface area (Å²) in [6.45, 7) is 18.0. The lowest BCUT2D eigenvalue weighted by Crippen LogP contribution is -2.66. The van der Waals surface area contributed by atoms with E-state index < -0.39 is 19.3 Å². The van der Waals surface area contributed by atoms with Crippen LogP contribution in [0.1, 0.15) is 72.6 Å². The van der Waals surface area contributed by atoms with Crippen molar-refractivity contribution in [2.24, 2.45) is 5.41 Å². The van der Waals surface area contributed by atoms with Gasteiger partial charge in [-0.05, 0) is 73.6 Å². The molecular weight excluding hydrogens is 725 g/mol. The Morgan fingerprint density at radius 1 is 0.909 bits per heavy atom. The summed E-state index contributed by atoms with van der Waals surface area (Å²) in [5, 5.41) is 7.02. The number of anilines is 1. The Hall–Kier alpha value is -3.94. The van der Waals surface area contributed by atoms with E-state index in [1.54, 1.807) is 7.11 Å². The van der Waals surface area contributed by atoms with Crippen molar-refractivity contribution >= 4 is 46.7 Å². The number of methoxy groups -OCH3 is 1. The first-order chi connectivity index (χ1) is 26.2. The second-order valence-corrected chi connectivity index (χ2v) is 23.5. The fraction of sp³-hybridized carbons (Fsp3) is 0.465. The molecular formula is C43H56N6O4SSi. The van der Waals surface area contributed by atoms with Gasteiger partial charge in [0.1, 0.15) is 17.0 Å². The number of hydrogen-bond donors (Lipinski definition) is 1. The predicted molar refractivity (Wildman–Crippen MR) is 224 cm³/mol. The molecule has 55 heavy (non-hydrogen) atoms. The Kier molecular flexibility index (Phi) is 11.1. The predicted octanol–water partition coefficient (Wildman–Crippen LogP) is 6.39.